The Balaban J connectivity index is 1.36. The van der Waals surface area contributed by atoms with Crippen LogP contribution in [0.25, 0.3) is 10.2 Å². The summed E-state index contributed by atoms with van der Waals surface area (Å²) in [6.45, 7) is 5.89. The number of piperidine rings is 3. The van der Waals surface area contributed by atoms with Gasteiger partial charge >= 0.3 is 0 Å². The lowest BCUT2D eigenvalue weighted by atomic mass is 9.72. The molecule has 4 nitrogen and oxygen atoms in total. The summed E-state index contributed by atoms with van der Waals surface area (Å²) in [6.07, 6.45) is 6.16. The highest BCUT2D eigenvalue weighted by Gasteiger charge is 2.48. The highest BCUT2D eigenvalue weighted by atomic mass is 32.1. The number of aryl methyl sites for hydroxylation is 1. The van der Waals surface area contributed by atoms with E-state index in [9.17, 15) is 0 Å². The van der Waals surface area contributed by atoms with Gasteiger partial charge in [0.1, 0.15) is 5.82 Å². The Morgan fingerprint density at radius 2 is 2.22 bits per heavy atom. The molecule has 1 aromatic carbocycles. The van der Waals surface area contributed by atoms with Crippen LogP contribution < -0.4 is 10.6 Å². The van der Waals surface area contributed by atoms with E-state index in [1.807, 2.05) is 0 Å². The third kappa shape index (κ3) is 2.17. The molecule has 5 heterocycles. The molecular formula is C18H22N4S. The van der Waals surface area contributed by atoms with Crippen LogP contribution in [0.1, 0.15) is 24.8 Å². The number of hydrogen-bond acceptors (Lipinski definition) is 5. The van der Waals surface area contributed by atoms with Gasteiger partial charge in [-0.3, -0.25) is 0 Å². The van der Waals surface area contributed by atoms with Crippen LogP contribution in [-0.4, -0.2) is 35.1 Å². The zero-order valence-corrected chi connectivity index (χ0v) is 14.2. The first kappa shape index (κ1) is 13.8. The molecule has 3 saturated heterocycles. The van der Waals surface area contributed by atoms with Crippen LogP contribution in [0.4, 0.5) is 5.13 Å². The van der Waals surface area contributed by atoms with Crippen molar-refractivity contribution in [1.29, 1.82) is 0 Å². The molecule has 2 N–H and O–H groups in total. The molecule has 0 saturated carbocycles. The molecule has 1 aromatic heterocycles. The quantitative estimate of drug-likeness (QED) is 0.888. The largest absolute Gasteiger partial charge is 0.365 e. The summed E-state index contributed by atoms with van der Waals surface area (Å²) < 4.78 is 1.25. The van der Waals surface area contributed by atoms with Gasteiger partial charge in [-0.05, 0) is 62.9 Å². The zero-order chi connectivity index (χ0) is 15.4. The average molecular weight is 326 g/mol. The second-order valence-corrected chi connectivity index (χ2v) is 8.25. The van der Waals surface area contributed by atoms with Crippen molar-refractivity contribution in [3.05, 3.63) is 35.7 Å². The van der Waals surface area contributed by atoms with Gasteiger partial charge in [-0.15, -0.1) is 0 Å². The first-order valence-electron chi connectivity index (χ1n) is 8.56. The second-order valence-electron chi connectivity index (χ2n) is 7.22. The van der Waals surface area contributed by atoms with Crippen molar-refractivity contribution < 1.29 is 0 Å². The fourth-order valence-electron chi connectivity index (χ4n) is 4.54. The highest BCUT2D eigenvalue weighted by Crippen LogP contribution is 2.41. The Morgan fingerprint density at radius 3 is 2.96 bits per heavy atom. The number of nitrogens with one attached hydrogen (secondary N) is 2. The Hall–Kier alpha value is -1.59. The molecule has 23 heavy (non-hydrogen) atoms. The summed E-state index contributed by atoms with van der Waals surface area (Å²) in [6, 6.07) is 6.38. The minimum atomic E-state index is 0.269. The number of anilines is 1. The van der Waals surface area contributed by atoms with Gasteiger partial charge in [0.05, 0.1) is 15.8 Å². The van der Waals surface area contributed by atoms with E-state index < -0.39 is 0 Å². The second kappa shape index (κ2) is 4.95. The van der Waals surface area contributed by atoms with Crippen LogP contribution in [0, 0.1) is 12.8 Å². The van der Waals surface area contributed by atoms with Gasteiger partial charge in [0.15, 0.2) is 5.13 Å². The van der Waals surface area contributed by atoms with E-state index in [2.05, 4.69) is 46.7 Å². The summed E-state index contributed by atoms with van der Waals surface area (Å²) >= 11 is 1.74. The first-order chi connectivity index (χ1) is 11.2. The Bertz CT molecular complexity index is 787. The van der Waals surface area contributed by atoms with E-state index in [0.717, 1.165) is 28.8 Å². The summed E-state index contributed by atoms with van der Waals surface area (Å²) in [5.74, 6) is 1.97. The number of thiazole rings is 1. The zero-order valence-electron chi connectivity index (χ0n) is 13.4. The average Bonchev–Trinajstić information content (AvgIpc) is 3.14. The lowest BCUT2D eigenvalue weighted by Crippen LogP contribution is -2.64. The molecule has 3 fully saturated rings. The van der Waals surface area contributed by atoms with Gasteiger partial charge in [-0.2, -0.15) is 0 Å². The molecule has 5 heteroatoms. The molecular weight excluding hydrogens is 304 g/mol. The number of aromatic nitrogens is 1. The number of benzene rings is 1. The molecule has 0 aliphatic carbocycles. The van der Waals surface area contributed by atoms with Gasteiger partial charge in [0.2, 0.25) is 0 Å². The van der Waals surface area contributed by atoms with Gasteiger partial charge < -0.3 is 15.5 Å². The summed E-state index contributed by atoms with van der Waals surface area (Å²) in [5, 5.41) is 8.34. The van der Waals surface area contributed by atoms with Gasteiger partial charge in [0.25, 0.3) is 0 Å². The monoisotopic (exact) mass is 326 g/mol. The standard InChI is InChI=1S/C18H22N4S/c1-12-3-2-4-14-16(12)20-17(23-14)19-15-5-8-18(21-15)11-22-9-6-13(18)7-10-22/h2-5,13,21H,6-11H2,1H3,(H,19,20). The molecule has 2 aromatic rings. The number of nitrogens with zero attached hydrogens (tertiary/aromatic N) is 2. The maximum absolute atomic E-state index is 4.77. The maximum Gasteiger partial charge on any atom is 0.189 e. The van der Waals surface area contributed by atoms with Gasteiger partial charge in [-0.25, -0.2) is 4.98 Å². The SMILES string of the molecule is Cc1cccc2sc(NC3=CCC4(CN5CCC4CC5)N3)nc12. The number of para-hydroxylation sites is 1. The normalized spacial score (nSPS) is 32.3. The Labute approximate surface area is 140 Å². The van der Waals surface area contributed by atoms with Crippen molar-refractivity contribution in [3.63, 3.8) is 0 Å². The molecule has 0 amide bonds. The van der Waals surface area contributed by atoms with E-state index in [0.29, 0.717) is 0 Å². The Kier molecular flexibility index (Phi) is 2.97. The van der Waals surface area contributed by atoms with E-state index in [-0.39, 0.29) is 5.54 Å². The van der Waals surface area contributed by atoms with Crippen molar-refractivity contribution in [2.75, 3.05) is 25.0 Å². The predicted molar refractivity (Wildman–Crippen MR) is 95.7 cm³/mol. The first-order valence-corrected chi connectivity index (χ1v) is 9.37. The van der Waals surface area contributed by atoms with Crippen molar-refractivity contribution in [1.82, 2.24) is 15.2 Å². The van der Waals surface area contributed by atoms with Gasteiger partial charge in [-0.1, -0.05) is 23.5 Å². The molecule has 0 radical (unpaired) electrons. The van der Waals surface area contributed by atoms with E-state index in [1.165, 1.54) is 42.7 Å². The van der Waals surface area contributed by atoms with Crippen molar-refractivity contribution >= 4 is 26.7 Å². The van der Waals surface area contributed by atoms with E-state index in [4.69, 9.17) is 4.98 Å². The van der Waals surface area contributed by atoms with Crippen LogP contribution in [0.5, 0.6) is 0 Å². The van der Waals surface area contributed by atoms with Crippen LogP contribution in [0.2, 0.25) is 0 Å². The predicted octanol–water partition coefficient (Wildman–Crippen LogP) is 3.32. The molecule has 120 valence electrons. The lowest BCUT2D eigenvalue weighted by molar-refractivity contribution is 0.0189. The molecule has 4 aliphatic rings. The molecule has 1 atom stereocenters. The minimum Gasteiger partial charge on any atom is -0.365 e. The van der Waals surface area contributed by atoms with E-state index in [1.54, 1.807) is 11.3 Å². The van der Waals surface area contributed by atoms with Crippen LogP contribution >= 0.6 is 11.3 Å². The molecule has 6 rings (SSSR count). The summed E-state index contributed by atoms with van der Waals surface area (Å²) in [5.41, 5.74) is 2.64. The summed E-state index contributed by atoms with van der Waals surface area (Å²) in [4.78, 5) is 7.39. The lowest BCUT2D eigenvalue weighted by Gasteiger charge is -2.52. The van der Waals surface area contributed by atoms with Crippen LogP contribution in [0.3, 0.4) is 0 Å². The third-order valence-electron chi connectivity index (χ3n) is 5.79. The number of hydrogen-bond donors (Lipinski definition) is 2. The van der Waals surface area contributed by atoms with Crippen molar-refractivity contribution in [3.8, 4) is 0 Å². The molecule has 1 unspecified atom stereocenters. The Morgan fingerprint density at radius 1 is 1.35 bits per heavy atom. The third-order valence-corrected chi connectivity index (χ3v) is 6.73. The van der Waals surface area contributed by atoms with Gasteiger partial charge in [0, 0.05) is 6.54 Å². The topological polar surface area (TPSA) is 40.2 Å². The van der Waals surface area contributed by atoms with Crippen LogP contribution in [-0.2, 0) is 0 Å². The number of rotatable bonds is 2. The highest BCUT2D eigenvalue weighted by molar-refractivity contribution is 7.22. The van der Waals surface area contributed by atoms with E-state index >= 15 is 0 Å². The molecule has 4 aliphatic heterocycles. The van der Waals surface area contributed by atoms with Crippen molar-refractivity contribution in [2.24, 2.45) is 5.92 Å². The fraction of sp³-hybridized carbons (Fsp3) is 0.500. The molecule has 2 bridgehead atoms. The minimum absolute atomic E-state index is 0.269. The molecule has 1 spiro atoms. The van der Waals surface area contributed by atoms with Crippen molar-refractivity contribution in [2.45, 2.75) is 31.7 Å². The van der Waals surface area contributed by atoms with Crippen LogP contribution in [0.15, 0.2) is 30.1 Å². The summed E-state index contributed by atoms with van der Waals surface area (Å²) in [7, 11) is 0. The smallest absolute Gasteiger partial charge is 0.189 e. The maximum atomic E-state index is 4.77. The fourth-order valence-corrected chi connectivity index (χ4v) is 5.49. The number of fused-ring (bicyclic) bond motifs is 3.